The topological polar surface area (TPSA) is 32.6 Å². The summed E-state index contributed by atoms with van der Waals surface area (Å²) in [5.41, 5.74) is -0.613. The highest BCUT2D eigenvalue weighted by molar-refractivity contribution is 9.10. The lowest BCUT2D eigenvalue weighted by Gasteiger charge is -2.09. The monoisotopic (exact) mass is 267 g/mol. The van der Waals surface area contributed by atoms with Gasteiger partial charge in [0.25, 0.3) is 0 Å². The Hall–Kier alpha value is -1.04. The number of alkyl halides is 3. The Morgan fingerprint density at radius 1 is 1.36 bits per heavy atom. The normalized spacial score (nSPS) is 12.3. The first kappa shape index (κ1) is 11.0. The van der Waals surface area contributed by atoms with Crippen molar-refractivity contribution in [2.75, 3.05) is 0 Å². The van der Waals surface area contributed by atoms with E-state index in [1.54, 1.807) is 0 Å². The van der Waals surface area contributed by atoms with Gasteiger partial charge in [0.1, 0.15) is 0 Å². The van der Waals surface area contributed by atoms with Crippen LogP contribution in [-0.4, -0.2) is 11.4 Å². The molecule has 14 heavy (non-hydrogen) atoms. The van der Waals surface area contributed by atoms with Crippen LogP contribution in [0, 0.1) is 0 Å². The van der Waals surface area contributed by atoms with Crippen molar-refractivity contribution in [3.05, 3.63) is 33.8 Å². The lowest BCUT2D eigenvalue weighted by Crippen LogP contribution is -2.06. The van der Waals surface area contributed by atoms with Crippen LogP contribution in [0.5, 0.6) is 0 Å². The molecular formula is C8H5BrF3NO. The molecule has 1 aromatic carbocycles. The lowest BCUT2D eigenvalue weighted by molar-refractivity contribution is -0.138. The molecule has 0 saturated carbocycles. The highest BCUT2D eigenvalue weighted by atomic mass is 79.9. The molecule has 76 valence electrons. The van der Waals surface area contributed by atoms with Gasteiger partial charge in [-0.1, -0.05) is 27.2 Å². The predicted octanol–water partition coefficient (Wildman–Crippen LogP) is 3.28. The summed E-state index contributed by atoms with van der Waals surface area (Å²) in [6.07, 6.45) is -3.49. The van der Waals surface area contributed by atoms with Crippen molar-refractivity contribution in [1.82, 2.24) is 0 Å². The van der Waals surface area contributed by atoms with Crippen LogP contribution >= 0.6 is 15.9 Å². The number of hydrogen-bond acceptors (Lipinski definition) is 2. The molecule has 0 aliphatic rings. The highest BCUT2D eigenvalue weighted by Crippen LogP contribution is 2.34. The molecule has 0 bridgehead atoms. The van der Waals surface area contributed by atoms with Crippen LogP contribution in [0.3, 0.4) is 0 Å². The van der Waals surface area contributed by atoms with Crippen LogP contribution in [0.2, 0.25) is 0 Å². The van der Waals surface area contributed by atoms with Crippen LogP contribution < -0.4 is 0 Å². The molecule has 0 aliphatic carbocycles. The summed E-state index contributed by atoms with van der Waals surface area (Å²) >= 11 is 2.79. The SMILES string of the molecule is ON=Cc1ccc(Br)c(C(F)(F)F)c1. The Kier molecular flexibility index (Phi) is 3.15. The van der Waals surface area contributed by atoms with Crippen LogP contribution in [0.1, 0.15) is 11.1 Å². The third kappa shape index (κ3) is 2.47. The third-order valence-electron chi connectivity index (χ3n) is 1.50. The van der Waals surface area contributed by atoms with Gasteiger partial charge in [-0.25, -0.2) is 0 Å². The van der Waals surface area contributed by atoms with Crippen molar-refractivity contribution in [2.24, 2.45) is 5.16 Å². The summed E-state index contributed by atoms with van der Waals surface area (Å²) in [6.45, 7) is 0. The maximum Gasteiger partial charge on any atom is 0.417 e. The second-order valence-corrected chi connectivity index (χ2v) is 3.34. The molecule has 0 spiro atoms. The average Bonchev–Trinajstić information content (AvgIpc) is 2.07. The van der Waals surface area contributed by atoms with Gasteiger partial charge in [-0.15, -0.1) is 0 Å². The largest absolute Gasteiger partial charge is 0.417 e. The molecule has 0 fully saturated rings. The number of hydrogen-bond donors (Lipinski definition) is 1. The van der Waals surface area contributed by atoms with Crippen LogP contribution in [0.15, 0.2) is 27.8 Å². The fourth-order valence-electron chi connectivity index (χ4n) is 0.907. The van der Waals surface area contributed by atoms with Crippen LogP contribution in [-0.2, 0) is 6.18 Å². The Labute approximate surface area is 86.2 Å². The molecule has 0 amide bonds. The molecule has 0 aromatic heterocycles. The van der Waals surface area contributed by atoms with E-state index in [2.05, 4.69) is 21.1 Å². The van der Waals surface area contributed by atoms with Crippen molar-refractivity contribution < 1.29 is 18.4 Å². The molecule has 6 heteroatoms. The molecule has 0 aliphatic heterocycles. The first-order chi connectivity index (χ1) is 6.45. The molecule has 0 saturated heterocycles. The molecule has 1 aromatic rings. The number of nitrogens with zero attached hydrogens (tertiary/aromatic N) is 1. The molecule has 0 atom stereocenters. The van der Waals surface area contributed by atoms with E-state index in [1.165, 1.54) is 12.1 Å². The first-order valence-corrected chi connectivity index (χ1v) is 4.28. The molecule has 1 N–H and O–H groups in total. The number of oxime groups is 1. The molecule has 1 rings (SSSR count). The highest BCUT2D eigenvalue weighted by Gasteiger charge is 2.32. The van der Waals surface area contributed by atoms with Crippen molar-refractivity contribution in [3.63, 3.8) is 0 Å². The standard InChI is InChI=1S/C8H5BrF3NO/c9-7-2-1-5(4-13-14)3-6(7)8(10,11)12/h1-4,14H. The maximum atomic E-state index is 12.3. The van der Waals surface area contributed by atoms with E-state index < -0.39 is 11.7 Å². The second-order valence-electron chi connectivity index (χ2n) is 2.48. The summed E-state index contributed by atoms with van der Waals surface area (Å²) in [4.78, 5) is 0. The van der Waals surface area contributed by atoms with Crippen molar-refractivity contribution in [3.8, 4) is 0 Å². The van der Waals surface area contributed by atoms with Crippen molar-refractivity contribution in [2.45, 2.75) is 6.18 Å². The molecule has 0 unspecified atom stereocenters. The smallest absolute Gasteiger partial charge is 0.411 e. The van der Waals surface area contributed by atoms with Gasteiger partial charge in [0.05, 0.1) is 11.8 Å². The molecule has 2 nitrogen and oxygen atoms in total. The fraction of sp³-hybridized carbons (Fsp3) is 0.125. The third-order valence-corrected chi connectivity index (χ3v) is 2.19. The average molecular weight is 268 g/mol. The fourth-order valence-corrected chi connectivity index (χ4v) is 1.38. The minimum atomic E-state index is -4.42. The van der Waals surface area contributed by atoms with E-state index in [1.807, 2.05) is 0 Å². The Morgan fingerprint density at radius 3 is 2.50 bits per heavy atom. The first-order valence-electron chi connectivity index (χ1n) is 3.49. The minimum absolute atomic E-state index is 0.0416. The Balaban J connectivity index is 3.22. The Bertz CT molecular complexity index is 362. The van der Waals surface area contributed by atoms with Gasteiger partial charge in [0.2, 0.25) is 0 Å². The van der Waals surface area contributed by atoms with Gasteiger partial charge in [0, 0.05) is 4.47 Å². The van der Waals surface area contributed by atoms with Crippen molar-refractivity contribution in [1.29, 1.82) is 0 Å². The van der Waals surface area contributed by atoms with Gasteiger partial charge in [-0.2, -0.15) is 13.2 Å². The number of rotatable bonds is 1. The summed E-state index contributed by atoms with van der Waals surface area (Å²) in [7, 11) is 0. The Morgan fingerprint density at radius 2 is 2.00 bits per heavy atom. The van der Waals surface area contributed by atoms with E-state index in [-0.39, 0.29) is 10.0 Å². The maximum absolute atomic E-state index is 12.3. The predicted molar refractivity (Wildman–Crippen MR) is 48.5 cm³/mol. The van der Waals surface area contributed by atoms with Crippen LogP contribution in [0.25, 0.3) is 0 Å². The summed E-state index contributed by atoms with van der Waals surface area (Å²) in [5, 5.41) is 10.8. The molecule has 0 heterocycles. The second kappa shape index (κ2) is 4.00. The van der Waals surface area contributed by atoms with Crippen LogP contribution in [0.4, 0.5) is 13.2 Å². The molecular weight excluding hydrogens is 263 g/mol. The van der Waals surface area contributed by atoms with E-state index >= 15 is 0 Å². The van der Waals surface area contributed by atoms with Gasteiger partial charge in [-0.3, -0.25) is 0 Å². The zero-order valence-electron chi connectivity index (χ0n) is 6.72. The van der Waals surface area contributed by atoms with Gasteiger partial charge in [0.15, 0.2) is 0 Å². The van der Waals surface area contributed by atoms with E-state index in [9.17, 15) is 13.2 Å². The van der Waals surface area contributed by atoms with E-state index in [0.717, 1.165) is 12.3 Å². The summed E-state index contributed by atoms with van der Waals surface area (Å²) in [6, 6.07) is 3.54. The summed E-state index contributed by atoms with van der Waals surface area (Å²) < 4.78 is 37.0. The van der Waals surface area contributed by atoms with Gasteiger partial charge < -0.3 is 5.21 Å². The zero-order chi connectivity index (χ0) is 10.8. The zero-order valence-corrected chi connectivity index (χ0v) is 8.30. The van der Waals surface area contributed by atoms with E-state index in [4.69, 9.17) is 5.21 Å². The number of halogens is 4. The minimum Gasteiger partial charge on any atom is -0.411 e. The van der Waals surface area contributed by atoms with Crippen molar-refractivity contribution >= 4 is 22.1 Å². The van der Waals surface area contributed by atoms with Gasteiger partial charge >= 0.3 is 6.18 Å². The summed E-state index contributed by atoms with van der Waals surface area (Å²) in [5.74, 6) is 0. The molecule has 0 radical (unpaired) electrons. The number of benzene rings is 1. The lowest BCUT2D eigenvalue weighted by atomic mass is 10.1. The quantitative estimate of drug-likeness (QED) is 0.473. The van der Waals surface area contributed by atoms with Gasteiger partial charge in [-0.05, 0) is 17.7 Å². The van der Waals surface area contributed by atoms with E-state index in [0.29, 0.717) is 0 Å².